The smallest absolute Gasteiger partial charge is 0.253 e. The SMILES string of the molecule is CCOc1ccc(Cc2cc([C@@H]3O[C@H](CSc4ccc(C(=O)N(C)C)cc4)[C@H](O)[C@@H](O)[C@H]3O)ccc2Cl)cc1. The van der Waals surface area contributed by atoms with Gasteiger partial charge in [0.1, 0.15) is 30.2 Å². The van der Waals surface area contributed by atoms with Crippen molar-refractivity contribution < 1.29 is 29.6 Å². The van der Waals surface area contributed by atoms with Gasteiger partial charge in [-0.2, -0.15) is 0 Å². The van der Waals surface area contributed by atoms with Gasteiger partial charge in [0.15, 0.2) is 0 Å². The van der Waals surface area contributed by atoms with Gasteiger partial charge >= 0.3 is 0 Å². The first-order chi connectivity index (χ1) is 18.7. The summed E-state index contributed by atoms with van der Waals surface area (Å²) in [6.45, 7) is 2.54. The van der Waals surface area contributed by atoms with Crippen LogP contribution in [0, 0.1) is 0 Å². The lowest BCUT2D eigenvalue weighted by Crippen LogP contribution is -2.54. The van der Waals surface area contributed by atoms with Crippen molar-refractivity contribution in [2.75, 3.05) is 26.5 Å². The Morgan fingerprint density at radius 1 is 0.974 bits per heavy atom. The fourth-order valence-corrected chi connectivity index (χ4v) is 5.64. The zero-order chi connectivity index (χ0) is 28.1. The van der Waals surface area contributed by atoms with Crippen molar-refractivity contribution in [3.05, 3.63) is 94.0 Å². The van der Waals surface area contributed by atoms with Gasteiger partial charge in [0.05, 0.1) is 12.7 Å². The first-order valence-corrected chi connectivity index (χ1v) is 14.2. The number of carbonyl (C=O) groups is 1. The number of halogens is 1. The molecular formula is C30H34ClNO6S. The van der Waals surface area contributed by atoms with Gasteiger partial charge in [-0.1, -0.05) is 35.9 Å². The van der Waals surface area contributed by atoms with E-state index in [1.165, 1.54) is 16.7 Å². The summed E-state index contributed by atoms with van der Waals surface area (Å²) >= 11 is 7.94. The molecular weight excluding hydrogens is 538 g/mol. The van der Waals surface area contributed by atoms with Crippen LogP contribution in [0.2, 0.25) is 5.02 Å². The van der Waals surface area contributed by atoms with E-state index in [9.17, 15) is 20.1 Å². The fourth-order valence-electron chi connectivity index (χ4n) is 4.49. The molecule has 0 radical (unpaired) electrons. The summed E-state index contributed by atoms with van der Waals surface area (Å²) in [4.78, 5) is 14.5. The maximum Gasteiger partial charge on any atom is 0.253 e. The Hall–Kier alpha value is -2.59. The Morgan fingerprint density at radius 3 is 2.31 bits per heavy atom. The van der Waals surface area contributed by atoms with E-state index in [1.54, 1.807) is 38.4 Å². The molecule has 3 aromatic rings. The third-order valence-corrected chi connectivity index (χ3v) is 8.13. The Kier molecular flexibility index (Phi) is 9.93. The molecule has 1 aliphatic rings. The van der Waals surface area contributed by atoms with Crippen LogP contribution in [0.15, 0.2) is 71.6 Å². The number of aliphatic hydroxyl groups excluding tert-OH is 3. The van der Waals surface area contributed by atoms with Crippen molar-refractivity contribution in [2.45, 2.75) is 48.8 Å². The van der Waals surface area contributed by atoms with Gasteiger partial charge in [-0.25, -0.2) is 0 Å². The number of ether oxygens (including phenoxy) is 2. The molecule has 7 nitrogen and oxygen atoms in total. The van der Waals surface area contributed by atoms with Crippen LogP contribution in [0.1, 0.15) is 40.1 Å². The van der Waals surface area contributed by atoms with E-state index >= 15 is 0 Å². The number of aliphatic hydroxyl groups is 3. The van der Waals surface area contributed by atoms with Crippen LogP contribution in [0.3, 0.4) is 0 Å². The average Bonchev–Trinajstić information content (AvgIpc) is 2.94. The summed E-state index contributed by atoms with van der Waals surface area (Å²) in [7, 11) is 3.40. The number of benzene rings is 3. The van der Waals surface area contributed by atoms with E-state index < -0.39 is 30.5 Å². The van der Waals surface area contributed by atoms with Gasteiger partial charge in [-0.15, -0.1) is 11.8 Å². The molecule has 1 aliphatic heterocycles. The van der Waals surface area contributed by atoms with Gasteiger partial charge < -0.3 is 29.7 Å². The van der Waals surface area contributed by atoms with Crippen molar-refractivity contribution in [2.24, 2.45) is 0 Å². The minimum absolute atomic E-state index is 0.0811. The average molecular weight is 572 g/mol. The number of hydrogen-bond donors (Lipinski definition) is 3. The molecule has 5 atom stereocenters. The molecule has 0 unspecified atom stereocenters. The molecule has 1 saturated heterocycles. The summed E-state index contributed by atoms with van der Waals surface area (Å²) in [5.41, 5.74) is 3.15. The zero-order valence-electron chi connectivity index (χ0n) is 22.2. The maximum absolute atomic E-state index is 12.1. The molecule has 3 N–H and O–H groups in total. The molecule has 1 amide bonds. The number of amides is 1. The van der Waals surface area contributed by atoms with Crippen LogP contribution in [0.4, 0.5) is 0 Å². The second-order valence-electron chi connectivity index (χ2n) is 9.71. The number of carbonyl (C=O) groups excluding carboxylic acids is 1. The van der Waals surface area contributed by atoms with Crippen molar-refractivity contribution in [1.82, 2.24) is 4.90 Å². The maximum atomic E-state index is 12.1. The Bertz CT molecular complexity index is 1250. The Morgan fingerprint density at radius 2 is 1.67 bits per heavy atom. The predicted molar refractivity (Wildman–Crippen MR) is 153 cm³/mol. The van der Waals surface area contributed by atoms with Crippen LogP contribution < -0.4 is 4.74 Å². The minimum atomic E-state index is -1.38. The highest BCUT2D eigenvalue weighted by atomic mass is 35.5. The van der Waals surface area contributed by atoms with E-state index in [2.05, 4.69) is 0 Å². The third-order valence-electron chi connectivity index (χ3n) is 6.66. The molecule has 4 rings (SSSR count). The van der Waals surface area contributed by atoms with Crippen molar-refractivity contribution in [1.29, 1.82) is 0 Å². The predicted octanol–water partition coefficient (Wildman–Crippen LogP) is 4.35. The second-order valence-corrected chi connectivity index (χ2v) is 11.2. The molecule has 208 valence electrons. The number of rotatable bonds is 9. The minimum Gasteiger partial charge on any atom is -0.494 e. The van der Waals surface area contributed by atoms with Crippen LogP contribution in [0.25, 0.3) is 0 Å². The molecule has 39 heavy (non-hydrogen) atoms. The molecule has 0 bridgehead atoms. The highest BCUT2D eigenvalue weighted by Crippen LogP contribution is 2.36. The molecule has 1 heterocycles. The summed E-state index contributed by atoms with van der Waals surface area (Å²) in [5.74, 6) is 1.06. The normalized spacial score (nSPS) is 22.9. The van der Waals surface area contributed by atoms with Crippen LogP contribution >= 0.6 is 23.4 Å². The lowest BCUT2D eigenvalue weighted by Gasteiger charge is -2.41. The molecule has 3 aromatic carbocycles. The quantitative estimate of drug-likeness (QED) is 0.328. The van der Waals surface area contributed by atoms with Crippen molar-refractivity contribution in [3.63, 3.8) is 0 Å². The van der Waals surface area contributed by atoms with Crippen LogP contribution in [-0.2, 0) is 11.2 Å². The Balaban J connectivity index is 1.47. The molecule has 0 aliphatic carbocycles. The largest absolute Gasteiger partial charge is 0.494 e. The van der Waals surface area contributed by atoms with Gasteiger partial charge in [0, 0.05) is 35.3 Å². The summed E-state index contributed by atoms with van der Waals surface area (Å²) in [6.07, 6.45) is -4.94. The summed E-state index contributed by atoms with van der Waals surface area (Å²) in [5, 5.41) is 32.7. The van der Waals surface area contributed by atoms with Gasteiger partial charge in [0.25, 0.3) is 5.91 Å². The van der Waals surface area contributed by atoms with Crippen LogP contribution in [-0.4, -0.2) is 77.0 Å². The standard InChI is InChI=1S/C30H34ClNO6S/c1-4-37-22-10-5-18(6-11-22)15-21-16-20(9-14-24(21)31)29-28(35)27(34)26(33)25(38-29)17-39-23-12-7-19(8-13-23)30(36)32(2)3/h5-14,16,25-29,33-35H,4,15,17H2,1-3H3/t25-,26+,27-,28-,29+/m1/s1. The Labute approximate surface area is 238 Å². The lowest BCUT2D eigenvalue weighted by molar-refractivity contribution is -0.218. The summed E-state index contributed by atoms with van der Waals surface area (Å²) in [6, 6.07) is 20.4. The van der Waals surface area contributed by atoms with E-state index in [0.717, 1.165) is 21.8 Å². The van der Waals surface area contributed by atoms with Crippen molar-refractivity contribution in [3.8, 4) is 5.75 Å². The second kappa shape index (κ2) is 13.2. The highest BCUT2D eigenvalue weighted by molar-refractivity contribution is 7.99. The number of thioether (sulfide) groups is 1. The third kappa shape index (κ3) is 7.14. The molecule has 0 aromatic heterocycles. The monoisotopic (exact) mass is 571 g/mol. The van der Waals surface area contributed by atoms with E-state index in [4.69, 9.17) is 21.1 Å². The fraction of sp³-hybridized carbons (Fsp3) is 0.367. The van der Waals surface area contributed by atoms with E-state index in [-0.39, 0.29) is 5.91 Å². The number of nitrogens with zero attached hydrogens (tertiary/aromatic N) is 1. The van der Waals surface area contributed by atoms with Gasteiger partial charge in [0.2, 0.25) is 0 Å². The van der Waals surface area contributed by atoms with Crippen molar-refractivity contribution >= 4 is 29.3 Å². The van der Waals surface area contributed by atoms with E-state index in [1.807, 2.05) is 49.4 Å². The van der Waals surface area contributed by atoms with Gasteiger partial charge in [-0.05, 0) is 72.5 Å². The number of hydrogen-bond acceptors (Lipinski definition) is 7. The van der Waals surface area contributed by atoms with Crippen LogP contribution in [0.5, 0.6) is 5.75 Å². The first-order valence-electron chi connectivity index (χ1n) is 12.8. The van der Waals surface area contributed by atoms with Gasteiger partial charge in [-0.3, -0.25) is 4.79 Å². The zero-order valence-corrected chi connectivity index (χ0v) is 23.7. The molecule has 0 saturated carbocycles. The topological polar surface area (TPSA) is 99.5 Å². The summed E-state index contributed by atoms with van der Waals surface area (Å²) < 4.78 is 11.7. The molecule has 0 spiro atoms. The van der Waals surface area contributed by atoms with E-state index in [0.29, 0.717) is 34.9 Å². The molecule has 1 fully saturated rings. The molecule has 9 heteroatoms. The first kappa shape index (κ1) is 29.4. The highest BCUT2D eigenvalue weighted by Gasteiger charge is 2.44. The lowest BCUT2D eigenvalue weighted by atomic mass is 9.90.